The van der Waals surface area contributed by atoms with Crippen LogP contribution in [0.15, 0.2) is 40.9 Å². The van der Waals surface area contributed by atoms with Gasteiger partial charge in [-0.2, -0.15) is 31.3 Å². The number of aromatic nitrogens is 5. The molecule has 0 amide bonds. The second-order valence-electron chi connectivity index (χ2n) is 8.53. The molecule has 1 N–H and O–H groups in total. The van der Waals surface area contributed by atoms with Crippen molar-refractivity contribution in [3.8, 4) is 11.1 Å². The molecule has 3 aromatic heterocycles. The van der Waals surface area contributed by atoms with Crippen LogP contribution in [0.4, 0.5) is 42.7 Å². The van der Waals surface area contributed by atoms with Crippen molar-refractivity contribution in [1.82, 2.24) is 24.8 Å². The molecule has 4 heterocycles. The Morgan fingerprint density at radius 1 is 1.03 bits per heavy atom. The second-order valence-corrected chi connectivity index (χ2v) is 8.53. The van der Waals surface area contributed by atoms with E-state index in [1.165, 1.54) is 22.8 Å². The third kappa shape index (κ3) is 5.02. The summed E-state index contributed by atoms with van der Waals surface area (Å²) in [4.78, 5) is 5.84. The van der Waals surface area contributed by atoms with Crippen LogP contribution in [0.1, 0.15) is 23.4 Å². The number of rotatable bonds is 4. The van der Waals surface area contributed by atoms with Crippen molar-refractivity contribution < 1.29 is 35.2 Å². The number of hydrogen-bond acceptors (Lipinski definition) is 7. The van der Waals surface area contributed by atoms with Gasteiger partial charge in [0.1, 0.15) is 6.17 Å². The molecule has 4 aromatic rings. The number of nitrogens with zero attached hydrogens (tertiary/aromatic N) is 6. The lowest BCUT2D eigenvalue weighted by Crippen LogP contribution is -2.48. The highest BCUT2D eigenvalue weighted by atomic mass is 19.4. The fourth-order valence-corrected chi connectivity index (χ4v) is 4.12. The van der Waals surface area contributed by atoms with Crippen LogP contribution < -0.4 is 10.2 Å². The topological polar surface area (TPSA) is 84.4 Å². The maximum absolute atomic E-state index is 14.9. The Morgan fingerprint density at radius 2 is 1.73 bits per heavy atom. The smallest absolute Gasteiger partial charge is 0.408 e. The molecule has 0 aliphatic carbocycles. The summed E-state index contributed by atoms with van der Waals surface area (Å²) in [5.74, 6) is 0.323. The number of fused-ring (bicyclic) bond motifs is 1. The van der Waals surface area contributed by atoms with Crippen molar-refractivity contribution in [2.24, 2.45) is 0 Å². The molecule has 15 heteroatoms. The maximum Gasteiger partial charge on any atom is 0.416 e. The standard InChI is InChI=1S/C22H18F7N7O/c1-11-32-33-20(37-11)35-6-4-17(16(23)10-35)30-19-31-18-15(3-2-5-36(18)34-19)12-7-13(21(24,25)26)9-14(8-12)22(27,28)29/h2-3,5,7-9,16-17H,4,6,10H2,1H3,(H,30,34)/t16-,17+/m1/s1. The van der Waals surface area contributed by atoms with Gasteiger partial charge in [-0.05, 0) is 42.3 Å². The van der Waals surface area contributed by atoms with Crippen molar-refractivity contribution in [2.45, 2.75) is 37.9 Å². The average molecular weight is 529 g/mol. The van der Waals surface area contributed by atoms with E-state index in [2.05, 4.69) is 25.6 Å². The summed E-state index contributed by atoms with van der Waals surface area (Å²) < 4.78 is 101. The molecule has 0 unspecified atom stereocenters. The molecule has 1 saturated heterocycles. The Hall–Kier alpha value is -3.91. The number of hydrogen-bond donors (Lipinski definition) is 1. The highest BCUT2D eigenvalue weighted by Crippen LogP contribution is 2.39. The zero-order valence-corrected chi connectivity index (χ0v) is 19.0. The molecule has 5 rings (SSSR count). The van der Waals surface area contributed by atoms with Crippen LogP contribution in [0.3, 0.4) is 0 Å². The summed E-state index contributed by atoms with van der Waals surface area (Å²) in [5, 5.41) is 14.7. The predicted octanol–water partition coefficient (Wildman–Crippen LogP) is 5.15. The second kappa shape index (κ2) is 8.88. The van der Waals surface area contributed by atoms with E-state index in [1.807, 2.05) is 0 Å². The van der Waals surface area contributed by atoms with E-state index in [4.69, 9.17) is 4.42 Å². The van der Waals surface area contributed by atoms with Gasteiger partial charge in [0.2, 0.25) is 11.8 Å². The summed E-state index contributed by atoms with van der Waals surface area (Å²) in [6, 6.07) is 3.56. The number of aryl methyl sites for hydroxylation is 1. The molecule has 1 aromatic carbocycles. The lowest BCUT2D eigenvalue weighted by atomic mass is 10.00. The van der Waals surface area contributed by atoms with Gasteiger partial charge in [-0.1, -0.05) is 5.10 Å². The van der Waals surface area contributed by atoms with Crippen molar-refractivity contribution in [3.63, 3.8) is 0 Å². The number of piperidine rings is 1. The van der Waals surface area contributed by atoms with Crippen LogP contribution in [0, 0.1) is 6.92 Å². The van der Waals surface area contributed by atoms with Gasteiger partial charge in [-0.15, -0.1) is 10.2 Å². The first-order valence-electron chi connectivity index (χ1n) is 11.0. The Balaban J connectivity index is 1.43. The molecule has 0 spiro atoms. The van der Waals surface area contributed by atoms with Crippen LogP contribution in [-0.2, 0) is 12.4 Å². The fourth-order valence-electron chi connectivity index (χ4n) is 4.12. The molecule has 37 heavy (non-hydrogen) atoms. The van der Waals surface area contributed by atoms with Gasteiger partial charge >= 0.3 is 18.4 Å². The van der Waals surface area contributed by atoms with E-state index >= 15 is 0 Å². The van der Waals surface area contributed by atoms with Crippen molar-refractivity contribution in [1.29, 1.82) is 0 Å². The van der Waals surface area contributed by atoms with Gasteiger partial charge in [0, 0.05) is 25.2 Å². The highest BCUT2D eigenvalue weighted by molar-refractivity contribution is 5.79. The number of benzene rings is 1. The van der Waals surface area contributed by atoms with Crippen LogP contribution in [0.25, 0.3) is 16.8 Å². The molecule has 1 aliphatic rings. The summed E-state index contributed by atoms with van der Waals surface area (Å²) >= 11 is 0. The van der Waals surface area contributed by atoms with E-state index in [1.54, 1.807) is 11.8 Å². The Bertz CT molecular complexity index is 1400. The zero-order chi connectivity index (χ0) is 26.5. The maximum atomic E-state index is 14.9. The highest BCUT2D eigenvalue weighted by Gasteiger charge is 2.37. The minimum absolute atomic E-state index is 0.00182. The SMILES string of the molecule is Cc1nnc(N2CC[C@H](Nc3nc4c(-c5cc(C(F)(F)F)cc(C(F)(F)F)c5)cccn4n3)[C@H](F)C2)o1. The minimum atomic E-state index is -4.99. The van der Waals surface area contributed by atoms with Crippen molar-refractivity contribution in [2.75, 3.05) is 23.3 Å². The van der Waals surface area contributed by atoms with Crippen molar-refractivity contribution in [3.05, 3.63) is 53.5 Å². The molecule has 1 aliphatic heterocycles. The fraction of sp³-hybridized carbons (Fsp3) is 0.364. The first kappa shape index (κ1) is 24.8. The van der Waals surface area contributed by atoms with E-state index in [0.717, 1.165) is 0 Å². The molecule has 196 valence electrons. The van der Waals surface area contributed by atoms with E-state index in [-0.39, 0.29) is 41.3 Å². The van der Waals surface area contributed by atoms with Crippen LogP contribution in [0.5, 0.6) is 0 Å². The summed E-state index contributed by atoms with van der Waals surface area (Å²) in [6.07, 6.45) is -9.63. The molecule has 0 bridgehead atoms. The van der Waals surface area contributed by atoms with E-state index in [0.29, 0.717) is 31.0 Å². The zero-order valence-electron chi connectivity index (χ0n) is 19.0. The van der Waals surface area contributed by atoms with E-state index in [9.17, 15) is 30.7 Å². The van der Waals surface area contributed by atoms with Gasteiger partial charge in [0.05, 0.1) is 23.7 Å². The van der Waals surface area contributed by atoms with Gasteiger partial charge in [-0.25, -0.2) is 8.91 Å². The first-order chi connectivity index (χ1) is 17.4. The molecule has 0 saturated carbocycles. The van der Waals surface area contributed by atoms with Gasteiger partial charge < -0.3 is 14.6 Å². The van der Waals surface area contributed by atoms with E-state index < -0.39 is 35.7 Å². The number of alkyl halides is 7. The first-order valence-corrected chi connectivity index (χ1v) is 11.0. The molecule has 1 fully saturated rings. The van der Waals surface area contributed by atoms with Gasteiger partial charge in [0.25, 0.3) is 0 Å². The lowest BCUT2D eigenvalue weighted by molar-refractivity contribution is -0.143. The number of pyridine rings is 1. The van der Waals surface area contributed by atoms with Crippen LogP contribution >= 0.6 is 0 Å². The molecular weight excluding hydrogens is 511 g/mol. The lowest BCUT2D eigenvalue weighted by Gasteiger charge is -2.33. The Kier molecular flexibility index (Phi) is 5.95. The Labute approximate surface area is 204 Å². The average Bonchev–Trinajstić information content (AvgIpc) is 3.44. The third-order valence-corrected chi connectivity index (χ3v) is 5.90. The summed E-state index contributed by atoms with van der Waals surface area (Å²) in [5.41, 5.74) is -3.22. The minimum Gasteiger partial charge on any atom is -0.408 e. The monoisotopic (exact) mass is 529 g/mol. The summed E-state index contributed by atoms with van der Waals surface area (Å²) in [6.45, 7) is 1.97. The summed E-state index contributed by atoms with van der Waals surface area (Å²) in [7, 11) is 0. The molecule has 0 radical (unpaired) electrons. The Morgan fingerprint density at radius 3 is 2.32 bits per heavy atom. The van der Waals surface area contributed by atoms with Crippen LogP contribution in [0.2, 0.25) is 0 Å². The number of anilines is 2. The van der Waals surface area contributed by atoms with Gasteiger partial charge in [-0.3, -0.25) is 0 Å². The number of halogens is 7. The van der Waals surface area contributed by atoms with Gasteiger partial charge in [0.15, 0.2) is 5.65 Å². The molecule has 8 nitrogen and oxygen atoms in total. The normalized spacial score (nSPS) is 19.0. The van der Waals surface area contributed by atoms with Crippen molar-refractivity contribution >= 4 is 17.6 Å². The largest absolute Gasteiger partial charge is 0.416 e. The molecular formula is C22H18F7N7O. The third-order valence-electron chi connectivity index (χ3n) is 5.90. The van der Waals surface area contributed by atoms with Crippen LogP contribution in [-0.4, -0.2) is 50.1 Å². The quantitative estimate of drug-likeness (QED) is 0.366. The number of nitrogens with one attached hydrogen (secondary N) is 1. The predicted molar refractivity (Wildman–Crippen MR) is 117 cm³/mol. The molecule has 2 atom stereocenters.